The van der Waals surface area contributed by atoms with E-state index < -0.39 is 11.5 Å². The van der Waals surface area contributed by atoms with Gasteiger partial charge in [0.15, 0.2) is 17.3 Å². The number of hydrogen-bond acceptors (Lipinski definition) is 6. The molecular weight excluding hydrogens is 336 g/mol. The van der Waals surface area contributed by atoms with Crippen LogP contribution in [-0.2, 0) is 9.53 Å². The zero-order valence-corrected chi connectivity index (χ0v) is 16.0. The van der Waals surface area contributed by atoms with E-state index in [4.69, 9.17) is 9.47 Å². The van der Waals surface area contributed by atoms with E-state index in [-0.39, 0.29) is 23.1 Å². The molecule has 6 nitrogen and oxygen atoms in total. The second kappa shape index (κ2) is 11.4. The highest BCUT2D eigenvalue weighted by atomic mass is 16.5. The molecule has 0 amide bonds. The van der Waals surface area contributed by atoms with Crippen molar-refractivity contribution in [3.63, 3.8) is 0 Å². The average Bonchev–Trinajstić information content (AvgIpc) is 2.59. The Kier molecular flexibility index (Phi) is 9.55. The number of methoxy groups -OCH3 is 1. The maximum absolute atomic E-state index is 12.3. The first-order valence-corrected chi connectivity index (χ1v) is 9.14. The minimum atomic E-state index is -0.403. The van der Waals surface area contributed by atoms with Gasteiger partial charge < -0.3 is 19.7 Å². The summed E-state index contributed by atoms with van der Waals surface area (Å²) in [6.07, 6.45) is 7.16. The fourth-order valence-electron chi connectivity index (χ4n) is 2.88. The minimum Gasteiger partial charge on any atom is -0.504 e. The average molecular weight is 366 g/mol. The van der Waals surface area contributed by atoms with Crippen LogP contribution < -0.4 is 4.74 Å². The summed E-state index contributed by atoms with van der Waals surface area (Å²) in [6, 6.07) is 1.55. The van der Waals surface area contributed by atoms with Gasteiger partial charge in [-0.05, 0) is 31.4 Å². The van der Waals surface area contributed by atoms with Gasteiger partial charge >= 0.3 is 5.97 Å². The molecule has 26 heavy (non-hydrogen) atoms. The number of carbonyl (C=O) groups excluding carboxylic acids is 2. The molecule has 1 aromatic carbocycles. The largest absolute Gasteiger partial charge is 0.504 e. The molecular formula is C20H30O6. The molecule has 0 heterocycles. The van der Waals surface area contributed by atoms with Gasteiger partial charge in [0.1, 0.15) is 0 Å². The summed E-state index contributed by atoms with van der Waals surface area (Å²) in [4.78, 5) is 23.0. The maximum Gasteiger partial charge on any atom is 0.302 e. The van der Waals surface area contributed by atoms with Crippen molar-refractivity contribution in [1.29, 1.82) is 0 Å². The first-order valence-electron chi connectivity index (χ1n) is 9.14. The number of ether oxygens (including phenoxy) is 2. The summed E-state index contributed by atoms with van der Waals surface area (Å²) in [7, 11) is 1.39. The molecule has 0 aliphatic rings. The Hall–Kier alpha value is -2.24. The van der Waals surface area contributed by atoms with Crippen molar-refractivity contribution in [2.45, 2.75) is 65.2 Å². The van der Waals surface area contributed by atoms with Crippen molar-refractivity contribution in [2.75, 3.05) is 13.7 Å². The highest BCUT2D eigenvalue weighted by Gasteiger charge is 2.20. The van der Waals surface area contributed by atoms with Gasteiger partial charge in [-0.2, -0.15) is 0 Å². The van der Waals surface area contributed by atoms with Crippen LogP contribution in [-0.4, -0.2) is 35.7 Å². The molecule has 146 valence electrons. The van der Waals surface area contributed by atoms with Gasteiger partial charge in [0.25, 0.3) is 0 Å². The van der Waals surface area contributed by atoms with E-state index in [1.54, 1.807) is 13.0 Å². The van der Waals surface area contributed by atoms with Gasteiger partial charge in [-0.1, -0.05) is 32.1 Å². The molecule has 0 saturated carbocycles. The number of phenols is 2. The molecule has 0 unspecified atom stereocenters. The van der Waals surface area contributed by atoms with Gasteiger partial charge in [-0.25, -0.2) is 0 Å². The Morgan fingerprint density at radius 3 is 2.12 bits per heavy atom. The predicted molar refractivity (Wildman–Crippen MR) is 99.0 cm³/mol. The molecule has 0 aliphatic carbocycles. The van der Waals surface area contributed by atoms with Crippen LogP contribution in [0.2, 0.25) is 0 Å². The quantitative estimate of drug-likeness (QED) is 0.248. The summed E-state index contributed by atoms with van der Waals surface area (Å²) in [5.41, 5.74) is 0.767. The Balaban J connectivity index is 2.27. The molecule has 1 rings (SSSR count). The maximum atomic E-state index is 12.3. The van der Waals surface area contributed by atoms with E-state index in [1.807, 2.05) is 0 Å². The number of hydrogen-bond donors (Lipinski definition) is 2. The van der Waals surface area contributed by atoms with Crippen molar-refractivity contribution in [3.05, 3.63) is 17.2 Å². The first-order chi connectivity index (χ1) is 12.4. The van der Waals surface area contributed by atoms with Crippen molar-refractivity contribution >= 4 is 11.8 Å². The van der Waals surface area contributed by atoms with Crippen molar-refractivity contribution in [3.8, 4) is 17.2 Å². The topological polar surface area (TPSA) is 93.1 Å². The Morgan fingerprint density at radius 1 is 0.962 bits per heavy atom. The second-order valence-corrected chi connectivity index (χ2v) is 6.46. The smallest absolute Gasteiger partial charge is 0.302 e. The molecule has 0 saturated heterocycles. The summed E-state index contributed by atoms with van der Waals surface area (Å²) in [5, 5.41) is 19.9. The predicted octanol–water partition coefficient (Wildman–Crippen LogP) is 4.28. The lowest BCUT2D eigenvalue weighted by Crippen LogP contribution is -2.03. The van der Waals surface area contributed by atoms with Crippen molar-refractivity contribution in [2.24, 2.45) is 0 Å². The number of phenolic OH excluding ortho intramolecular Hbond substituents is 2. The molecule has 0 aromatic heterocycles. The Morgan fingerprint density at radius 2 is 1.54 bits per heavy atom. The van der Waals surface area contributed by atoms with E-state index in [0.717, 1.165) is 44.9 Å². The number of rotatable bonds is 12. The van der Waals surface area contributed by atoms with E-state index in [2.05, 4.69) is 0 Å². The third-order valence-electron chi connectivity index (χ3n) is 4.29. The highest BCUT2D eigenvalue weighted by molar-refractivity contribution is 6.01. The molecule has 0 spiro atoms. The summed E-state index contributed by atoms with van der Waals surface area (Å²) in [5.74, 6) is -1.04. The van der Waals surface area contributed by atoms with Crippen LogP contribution in [0.4, 0.5) is 0 Å². The number of esters is 1. The minimum absolute atomic E-state index is 0.158. The second-order valence-electron chi connectivity index (χ2n) is 6.46. The molecule has 0 aliphatic heterocycles. The molecule has 2 N–H and O–H groups in total. The molecule has 6 heteroatoms. The Bertz CT molecular complexity index is 609. The lowest BCUT2D eigenvalue weighted by atomic mass is 9.98. The number of carbonyl (C=O) groups is 2. The zero-order chi connectivity index (χ0) is 19.5. The molecule has 0 bridgehead atoms. The molecule has 0 atom stereocenters. The van der Waals surface area contributed by atoms with Gasteiger partial charge in [0.05, 0.1) is 19.3 Å². The number of aryl methyl sites for hydroxylation is 1. The number of Topliss-reactive ketones (excluding diaryl/α,β-unsaturated/α-hetero) is 1. The van der Waals surface area contributed by atoms with E-state index in [0.29, 0.717) is 18.6 Å². The van der Waals surface area contributed by atoms with Crippen LogP contribution in [0.1, 0.15) is 74.2 Å². The lowest BCUT2D eigenvalue weighted by Gasteiger charge is -2.12. The van der Waals surface area contributed by atoms with Gasteiger partial charge in [0, 0.05) is 13.3 Å². The van der Waals surface area contributed by atoms with Crippen LogP contribution in [0.25, 0.3) is 0 Å². The van der Waals surface area contributed by atoms with E-state index in [1.165, 1.54) is 14.0 Å². The lowest BCUT2D eigenvalue weighted by molar-refractivity contribution is -0.141. The van der Waals surface area contributed by atoms with Crippen LogP contribution in [0, 0.1) is 6.92 Å². The number of benzene rings is 1. The van der Waals surface area contributed by atoms with Crippen molar-refractivity contribution < 1.29 is 29.3 Å². The van der Waals surface area contributed by atoms with Crippen LogP contribution in [0.15, 0.2) is 6.07 Å². The third-order valence-corrected chi connectivity index (χ3v) is 4.29. The van der Waals surface area contributed by atoms with Crippen LogP contribution in [0.3, 0.4) is 0 Å². The monoisotopic (exact) mass is 366 g/mol. The fraction of sp³-hybridized carbons (Fsp3) is 0.600. The normalized spacial score (nSPS) is 10.6. The van der Waals surface area contributed by atoms with E-state index in [9.17, 15) is 19.8 Å². The molecule has 0 fully saturated rings. The first kappa shape index (κ1) is 21.8. The summed E-state index contributed by atoms with van der Waals surface area (Å²) >= 11 is 0. The SMILES string of the molecule is COc1cc(C)c(C(=O)CCCCCCCCCOC(C)=O)c(O)c1O. The van der Waals surface area contributed by atoms with Crippen LogP contribution >= 0.6 is 0 Å². The molecule has 0 radical (unpaired) electrons. The molecule has 1 aromatic rings. The fourth-order valence-corrected chi connectivity index (χ4v) is 2.88. The third kappa shape index (κ3) is 6.94. The van der Waals surface area contributed by atoms with Gasteiger partial charge in [-0.15, -0.1) is 0 Å². The van der Waals surface area contributed by atoms with Gasteiger partial charge in [-0.3, -0.25) is 9.59 Å². The number of aromatic hydroxyl groups is 2. The van der Waals surface area contributed by atoms with Crippen LogP contribution in [0.5, 0.6) is 17.2 Å². The highest BCUT2D eigenvalue weighted by Crippen LogP contribution is 2.40. The van der Waals surface area contributed by atoms with E-state index >= 15 is 0 Å². The zero-order valence-electron chi connectivity index (χ0n) is 16.0. The summed E-state index contributed by atoms with van der Waals surface area (Å²) in [6.45, 7) is 3.61. The van der Waals surface area contributed by atoms with Gasteiger partial charge in [0.2, 0.25) is 5.75 Å². The number of unbranched alkanes of at least 4 members (excludes halogenated alkanes) is 6. The van der Waals surface area contributed by atoms with Crippen molar-refractivity contribution in [1.82, 2.24) is 0 Å². The number of ketones is 1. The standard InChI is InChI=1S/C20H30O6/c1-14-13-17(25-3)19(23)20(24)18(14)16(22)11-9-7-5-4-6-8-10-12-26-15(2)21/h13,23-24H,4-12H2,1-3H3. The Labute approximate surface area is 155 Å². The summed E-state index contributed by atoms with van der Waals surface area (Å²) < 4.78 is 9.84.